The van der Waals surface area contributed by atoms with Crippen LogP contribution in [0, 0.1) is 0 Å². The highest BCUT2D eigenvalue weighted by atomic mass is 31.2. The normalized spacial score (nSPS) is 20.8. The van der Waals surface area contributed by atoms with E-state index in [9.17, 15) is 0 Å². The maximum atomic E-state index is 7.86. The Morgan fingerprint density at radius 3 is 1.62 bits per heavy atom. The molecule has 0 saturated heterocycles. The minimum absolute atomic E-state index is 0.0224. The van der Waals surface area contributed by atoms with E-state index >= 15 is 0 Å². The van der Waals surface area contributed by atoms with Crippen molar-refractivity contribution in [2.45, 2.75) is 38.8 Å². The van der Waals surface area contributed by atoms with Crippen LogP contribution >= 0.6 is 7.29 Å². The average Bonchev–Trinajstić information content (AvgIpc) is 3.09. The van der Waals surface area contributed by atoms with Gasteiger partial charge in [-0.2, -0.15) is 4.34 Å². The average molecular weight is 476 g/mol. The molecule has 5 rings (SSSR count). The molecule has 0 fully saturated rings. The summed E-state index contributed by atoms with van der Waals surface area (Å²) in [7, 11) is 2.84. The van der Waals surface area contributed by atoms with Crippen LogP contribution in [0.5, 0.6) is 0 Å². The molecule has 0 saturated carbocycles. The van der Waals surface area contributed by atoms with E-state index in [1.165, 1.54) is 26.5 Å². The second kappa shape index (κ2) is 8.65. The summed E-state index contributed by atoms with van der Waals surface area (Å²) >= 11 is 0. The highest BCUT2D eigenvalue weighted by molar-refractivity contribution is 8.08. The Morgan fingerprint density at radius 2 is 1.12 bits per heavy atom. The van der Waals surface area contributed by atoms with Gasteiger partial charge in [-0.25, -0.2) is 0 Å². The Hall–Kier alpha value is -2.45. The number of nitrogens with zero attached hydrogens (tertiary/aromatic N) is 1. The van der Waals surface area contributed by atoms with Gasteiger partial charge < -0.3 is 0 Å². The molecule has 1 aliphatic heterocycles. The predicted octanol–water partition coefficient (Wildman–Crippen LogP) is 5.59. The van der Waals surface area contributed by atoms with Crippen LogP contribution in [0.15, 0.2) is 115 Å². The molecule has 1 aliphatic rings. The fourth-order valence-corrected chi connectivity index (χ4v) is 18.6. The first-order valence-corrected chi connectivity index (χ1v) is 15.8. The van der Waals surface area contributed by atoms with Crippen LogP contribution in [0.4, 0.5) is 0 Å². The summed E-state index contributed by atoms with van der Waals surface area (Å²) in [4.78, 5) is 0. The zero-order chi connectivity index (χ0) is 24.0. The molecule has 4 heteroatoms. The van der Waals surface area contributed by atoms with Gasteiger partial charge in [-0.1, -0.05) is 118 Å². The van der Waals surface area contributed by atoms with Crippen LogP contribution < -0.4 is 21.0 Å². The number of fused-ring (bicyclic) bond motifs is 1. The van der Waals surface area contributed by atoms with Crippen LogP contribution in [-0.2, 0) is 0 Å². The minimum atomic E-state index is -2.64. The Morgan fingerprint density at radius 1 is 0.676 bits per heavy atom. The zero-order valence-corrected chi connectivity index (χ0v) is 22.4. The monoisotopic (exact) mass is 476 g/mol. The lowest BCUT2D eigenvalue weighted by Gasteiger charge is -2.52. The zero-order valence-electron chi connectivity index (χ0n) is 20.5. The molecule has 0 bridgehead atoms. The topological polar surface area (TPSA) is 3.24 Å². The molecule has 0 aromatic heterocycles. The summed E-state index contributed by atoms with van der Waals surface area (Å²) in [5.41, 5.74) is 1.37. The van der Waals surface area contributed by atoms with Crippen LogP contribution in [-0.4, -0.2) is 20.1 Å². The molecule has 168 valence electrons. The number of benzene rings is 4. The van der Waals surface area contributed by atoms with Crippen molar-refractivity contribution < 1.29 is 0 Å². The van der Waals surface area contributed by atoms with E-state index in [0.29, 0.717) is 0 Å². The van der Waals surface area contributed by atoms with Gasteiger partial charge in [-0.3, -0.25) is 0 Å². The summed E-state index contributed by atoms with van der Waals surface area (Å²) in [6.07, 6.45) is 0. The molecule has 2 atom stereocenters. The third-order valence-electron chi connectivity index (χ3n) is 7.42. The minimum Gasteiger partial charge on any atom is -0.194 e. The molecule has 1 nitrogen and oxygen atoms in total. The predicted molar refractivity (Wildman–Crippen MR) is 153 cm³/mol. The van der Waals surface area contributed by atoms with E-state index in [-0.39, 0.29) is 11.1 Å². The van der Waals surface area contributed by atoms with Gasteiger partial charge in [0.2, 0.25) is 8.24 Å². The summed E-state index contributed by atoms with van der Waals surface area (Å²) in [6, 6.07) is 42.4. The van der Waals surface area contributed by atoms with Crippen molar-refractivity contribution in [1.29, 1.82) is 0 Å². The standard InChI is InChI=1S/C30H32BNPSi/c1-24-28-22-14-15-23-29(28)33(31,25-16-8-5-9-17-25)32(24)34(30(2,3)4,26-18-10-6-11-19-26)27-20-12-7-13-21-27/h5-24H,1-4H3/q+1/t24-,33?/m1/s1. The van der Waals surface area contributed by atoms with Crippen molar-refractivity contribution in [3.05, 3.63) is 121 Å². The van der Waals surface area contributed by atoms with Gasteiger partial charge in [-0.05, 0) is 40.5 Å². The number of hydrogen-bond acceptors (Lipinski definition) is 1. The lowest BCUT2D eigenvalue weighted by Crippen LogP contribution is -2.74. The number of hydrogen-bond donors (Lipinski definition) is 0. The van der Waals surface area contributed by atoms with Gasteiger partial charge >= 0.3 is 7.57 Å². The van der Waals surface area contributed by atoms with Crippen LogP contribution in [0.25, 0.3) is 0 Å². The van der Waals surface area contributed by atoms with Gasteiger partial charge in [0.1, 0.15) is 5.30 Å². The smallest absolute Gasteiger partial charge is 0.194 e. The molecule has 1 heterocycles. The van der Waals surface area contributed by atoms with Gasteiger partial charge in [0, 0.05) is 5.56 Å². The molecule has 2 radical (unpaired) electrons. The van der Waals surface area contributed by atoms with E-state index in [1.807, 2.05) is 0 Å². The maximum Gasteiger partial charge on any atom is 0.398 e. The first-order chi connectivity index (χ1) is 16.3. The Labute approximate surface area is 207 Å². The van der Waals surface area contributed by atoms with E-state index in [0.717, 1.165) is 0 Å². The largest absolute Gasteiger partial charge is 0.398 e. The molecule has 0 aliphatic carbocycles. The first kappa shape index (κ1) is 23.3. The van der Waals surface area contributed by atoms with Crippen molar-refractivity contribution in [3.8, 4) is 0 Å². The number of rotatable bonds is 4. The van der Waals surface area contributed by atoms with Gasteiger partial charge in [0.25, 0.3) is 0 Å². The highest BCUT2D eigenvalue weighted by Gasteiger charge is 2.67. The summed E-state index contributed by atoms with van der Waals surface area (Å²) in [5.74, 6) is 0. The molecular weight excluding hydrogens is 444 g/mol. The van der Waals surface area contributed by atoms with E-state index in [1.54, 1.807) is 0 Å². The third kappa shape index (κ3) is 3.29. The van der Waals surface area contributed by atoms with Gasteiger partial charge in [0.05, 0.1) is 18.6 Å². The molecule has 0 amide bonds. The Bertz CT molecular complexity index is 1230. The lowest BCUT2D eigenvalue weighted by molar-refractivity contribution is 0.513. The van der Waals surface area contributed by atoms with E-state index in [4.69, 9.17) is 7.57 Å². The van der Waals surface area contributed by atoms with Crippen molar-refractivity contribution >= 4 is 44.1 Å². The van der Waals surface area contributed by atoms with Crippen LogP contribution in [0.2, 0.25) is 5.04 Å². The van der Waals surface area contributed by atoms with Crippen LogP contribution in [0.1, 0.15) is 39.3 Å². The molecule has 4 aromatic rings. The second-order valence-electron chi connectivity index (χ2n) is 10.3. The van der Waals surface area contributed by atoms with Crippen molar-refractivity contribution in [3.63, 3.8) is 0 Å². The molecular formula is C30H32BNPSi+. The molecule has 34 heavy (non-hydrogen) atoms. The highest BCUT2D eigenvalue weighted by Crippen LogP contribution is 2.68. The van der Waals surface area contributed by atoms with E-state index in [2.05, 4.69) is 147 Å². The van der Waals surface area contributed by atoms with Crippen molar-refractivity contribution in [2.75, 3.05) is 0 Å². The van der Waals surface area contributed by atoms with Crippen molar-refractivity contribution in [1.82, 2.24) is 4.34 Å². The second-order valence-corrected chi connectivity index (χ2v) is 18.0. The first-order valence-electron chi connectivity index (χ1n) is 12.1. The molecule has 0 N–H and O–H groups in total. The van der Waals surface area contributed by atoms with Gasteiger partial charge in [0.15, 0.2) is 0 Å². The van der Waals surface area contributed by atoms with Crippen molar-refractivity contribution in [2.24, 2.45) is 0 Å². The summed E-state index contributed by atoms with van der Waals surface area (Å²) in [5, 5.41) is 5.38. The molecule has 0 spiro atoms. The molecule has 1 unspecified atom stereocenters. The maximum absolute atomic E-state index is 7.86. The van der Waals surface area contributed by atoms with Crippen LogP contribution in [0.3, 0.4) is 0 Å². The lowest BCUT2D eigenvalue weighted by atomic mass is 10.1. The Balaban J connectivity index is 1.93. The fraction of sp³-hybridized carbons (Fsp3) is 0.200. The quantitative estimate of drug-likeness (QED) is 0.274. The van der Waals surface area contributed by atoms with E-state index < -0.39 is 15.5 Å². The fourth-order valence-electron chi connectivity index (χ4n) is 6.12. The SMILES string of the molecule is [B][P+]1(c2ccccc2)c2ccccc2[C@@H](C)N1[Si](c1ccccc1)(c1ccccc1)C(C)(C)C. The van der Waals surface area contributed by atoms with Gasteiger partial charge in [-0.15, -0.1) is 0 Å². The molecule has 4 aromatic carbocycles. The summed E-state index contributed by atoms with van der Waals surface area (Å²) in [6.45, 7) is 9.63. The summed E-state index contributed by atoms with van der Waals surface area (Å²) < 4.78 is 2.84. The Kier molecular flexibility index (Phi) is 5.93. The third-order valence-corrected chi connectivity index (χ3v) is 18.1.